The van der Waals surface area contributed by atoms with Crippen LogP contribution in [0.2, 0.25) is 0 Å². The van der Waals surface area contributed by atoms with Crippen molar-refractivity contribution in [2.45, 2.75) is 37.8 Å². The molecular weight excluding hydrogens is 220 g/mol. The number of nitrogens with two attached hydrogens (primary N) is 2. The molecule has 0 spiro atoms. The van der Waals surface area contributed by atoms with Crippen molar-refractivity contribution in [3.05, 3.63) is 48.6 Å². The van der Waals surface area contributed by atoms with Crippen LogP contribution in [0.15, 0.2) is 48.6 Å². The number of rotatable bonds is 3. The zero-order valence-electron chi connectivity index (χ0n) is 11.3. The molecule has 18 heavy (non-hydrogen) atoms. The first-order valence-corrected chi connectivity index (χ1v) is 6.72. The molecule has 98 valence electrons. The number of allylic oxidation sites excluding steroid dienone is 4. The number of hydrogen-bond acceptors (Lipinski definition) is 2. The fourth-order valence-electron chi connectivity index (χ4n) is 2.76. The second-order valence-corrected chi connectivity index (χ2v) is 6.01. The summed E-state index contributed by atoms with van der Waals surface area (Å²) in [6.07, 6.45) is 19.0. The highest BCUT2D eigenvalue weighted by Gasteiger charge is 2.31. The van der Waals surface area contributed by atoms with E-state index in [0.29, 0.717) is 11.8 Å². The average Bonchev–Trinajstić information content (AvgIpc) is 2.28. The van der Waals surface area contributed by atoms with Gasteiger partial charge in [-0.15, -0.1) is 0 Å². The predicted molar refractivity (Wildman–Crippen MR) is 78.0 cm³/mol. The molecule has 0 saturated carbocycles. The molecule has 2 rings (SSSR count). The van der Waals surface area contributed by atoms with Gasteiger partial charge in [-0.2, -0.15) is 0 Å². The van der Waals surface area contributed by atoms with E-state index in [2.05, 4.69) is 50.3 Å². The monoisotopic (exact) mass is 244 g/mol. The van der Waals surface area contributed by atoms with Crippen molar-refractivity contribution >= 4 is 0 Å². The van der Waals surface area contributed by atoms with E-state index in [1.807, 2.05) is 12.2 Å². The van der Waals surface area contributed by atoms with Crippen molar-refractivity contribution in [1.29, 1.82) is 0 Å². The average molecular weight is 244 g/mol. The van der Waals surface area contributed by atoms with E-state index >= 15 is 0 Å². The van der Waals surface area contributed by atoms with Crippen LogP contribution in [0.4, 0.5) is 0 Å². The van der Waals surface area contributed by atoms with Crippen LogP contribution in [0.5, 0.6) is 0 Å². The summed E-state index contributed by atoms with van der Waals surface area (Å²) < 4.78 is 0. The maximum Gasteiger partial charge on any atom is 0.0377 e. The summed E-state index contributed by atoms with van der Waals surface area (Å²) in [4.78, 5) is 0. The lowest BCUT2D eigenvalue weighted by atomic mass is 9.74. The van der Waals surface area contributed by atoms with E-state index < -0.39 is 0 Å². The smallest absolute Gasteiger partial charge is 0.0377 e. The molecule has 0 aromatic carbocycles. The van der Waals surface area contributed by atoms with Crippen LogP contribution in [0.25, 0.3) is 0 Å². The first kappa shape index (κ1) is 13.3. The highest BCUT2D eigenvalue weighted by molar-refractivity contribution is 5.24. The molecule has 0 saturated heterocycles. The standard InChI is InChI=1S/C16H24N2/c1-15(17)11-5-3-7-13(15)9-10-14-8-4-6-12-16(14,2)18/h3-8,11-14H,9-10,17-18H2,1-2H3. The molecule has 0 aromatic rings. The molecule has 4 N–H and O–H groups in total. The Morgan fingerprint density at radius 1 is 0.778 bits per heavy atom. The van der Waals surface area contributed by atoms with E-state index in [1.165, 1.54) is 0 Å². The molecule has 2 aliphatic carbocycles. The topological polar surface area (TPSA) is 52.0 Å². The van der Waals surface area contributed by atoms with Crippen LogP contribution < -0.4 is 11.5 Å². The lowest BCUT2D eigenvalue weighted by molar-refractivity contribution is 0.328. The summed E-state index contributed by atoms with van der Waals surface area (Å²) in [5, 5.41) is 0. The molecule has 0 heterocycles. The van der Waals surface area contributed by atoms with Crippen LogP contribution >= 0.6 is 0 Å². The van der Waals surface area contributed by atoms with Gasteiger partial charge in [0.15, 0.2) is 0 Å². The third kappa shape index (κ3) is 2.82. The molecule has 2 aliphatic rings. The van der Waals surface area contributed by atoms with Gasteiger partial charge in [0.25, 0.3) is 0 Å². The van der Waals surface area contributed by atoms with Crippen molar-refractivity contribution in [3.63, 3.8) is 0 Å². The molecule has 0 fully saturated rings. The van der Waals surface area contributed by atoms with E-state index in [4.69, 9.17) is 11.5 Å². The Morgan fingerprint density at radius 3 is 1.50 bits per heavy atom. The molecule has 0 aliphatic heterocycles. The van der Waals surface area contributed by atoms with Crippen molar-refractivity contribution in [3.8, 4) is 0 Å². The van der Waals surface area contributed by atoms with Crippen LogP contribution in [0.3, 0.4) is 0 Å². The van der Waals surface area contributed by atoms with Crippen molar-refractivity contribution < 1.29 is 0 Å². The maximum absolute atomic E-state index is 6.30. The third-order valence-corrected chi connectivity index (χ3v) is 4.21. The third-order valence-electron chi connectivity index (χ3n) is 4.21. The Kier molecular flexibility index (Phi) is 3.60. The van der Waals surface area contributed by atoms with Gasteiger partial charge in [-0.05, 0) is 38.5 Å². The van der Waals surface area contributed by atoms with Crippen LogP contribution in [-0.2, 0) is 0 Å². The molecule has 2 nitrogen and oxygen atoms in total. The Hall–Kier alpha value is -1.12. The molecule has 2 heteroatoms. The van der Waals surface area contributed by atoms with Gasteiger partial charge >= 0.3 is 0 Å². The van der Waals surface area contributed by atoms with E-state index in [9.17, 15) is 0 Å². The highest BCUT2D eigenvalue weighted by atomic mass is 14.7. The summed E-state index contributed by atoms with van der Waals surface area (Å²) >= 11 is 0. The Labute approximate surface area is 110 Å². The summed E-state index contributed by atoms with van der Waals surface area (Å²) in [5.74, 6) is 0.801. The van der Waals surface area contributed by atoms with Crippen molar-refractivity contribution in [2.75, 3.05) is 0 Å². The van der Waals surface area contributed by atoms with Gasteiger partial charge < -0.3 is 11.5 Å². The zero-order chi connectivity index (χ0) is 13.2. The fourth-order valence-corrected chi connectivity index (χ4v) is 2.76. The SMILES string of the molecule is CC1(N)C=CC=CC1CCC1C=CC=CC1(C)N. The largest absolute Gasteiger partial charge is 0.322 e. The Bertz CT molecular complexity index is 371. The summed E-state index contributed by atoms with van der Waals surface area (Å²) in [7, 11) is 0. The van der Waals surface area contributed by atoms with E-state index in [0.717, 1.165) is 12.8 Å². The predicted octanol–water partition coefficient (Wildman–Crippen LogP) is 2.69. The maximum atomic E-state index is 6.30. The zero-order valence-corrected chi connectivity index (χ0v) is 11.3. The lowest BCUT2D eigenvalue weighted by Gasteiger charge is -2.35. The normalized spacial score (nSPS) is 42.4. The summed E-state index contributed by atoms with van der Waals surface area (Å²) in [6.45, 7) is 4.19. The molecular formula is C16H24N2. The van der Waals surface area contributed by atoms with Gasteiger partial charge in [0.1, 0.15) is 0 Å². The van der Waals surface area contributed by atoms with Gasteiger partial charge in [-0.1, -0.05) is 48.6 Å². The summed E-state index contributed by atoms with van der Waals surface area (Å²) in [5.41, 5.74) is 12.2. The fraction of sp³-hybridized carbons (Fsp3) is 0.500. The van der Waals surface area contributed by atoms with Gasteiger partial charge in [-0.25, -0.2) is 0 Å². The van der Waals surface area contributed by atoms with Crippen LogP contribution in [-0.4, -0.2) is 11.1 Å². The van der Waals surface area contributed by atoms with Gasteiger partial charge in [0.05, 0.1) is 0 Å². The minimum atomic E-state index is -0.228. The second kappa shape index (κ2) is 4.87. The minimum Gasteiger partial charge on any atom is -0.322 e. The van der Waals surface area contributed by atoms with Gasteiger partial charge in [-0.3, -0.25) is 0 Å². The molecule has 0 bridgehead atoms. The van der Waals surface area contributed by atoms with Crippen LogP contribution in [0, 0.1) is 11.8 Å². The summed E-state index contributed by atoms with van der Waals surface area (Å²) in [6, 6.07) is 0. The molecule has 0 radical (unpaired) electrons. The molecule has 0 aromatic heterocycles. The quantitative estimate of drug-likeness (QED) is 0.802. The van der Waals surface area contributed by atoms with E-state index in [-0.39, 0.29) is 11.1 Å². The molecule has 4 unspecified atom stereocenters. The van der Waals surface area contributed by atoms with Crippen molar-refractivity contribution in [1.82, 2.24) is 0 Å². The molecule has 4 atom stereocenters. The Morgan fingerprint density at radius 2 is 1.17 bits per heavy atom. The minimum absolute atomic E-state index is 0.228. The van der Waals surface area contributed by atoms with E-state index in [1.54, 1.807) is 0 Å². The lowest BCUT2D eigenvalue weighted by Crippen LogP contribution is -2.45. The Balaban J connectivity index is 1.96. The van der Waals surface area contributed by atoms with Crippen LogP contribution in [0.1, 0.15) is 26.7 Å². The van der Waals surface area contributed by atoms with Crippen molar-refractivity contribution in [2.24, 2.45) is 23.3 Å². The second-order valence-electron chi connectivity index (χ2n) is 6.01. The molecule has 0 amide bonds. The van der Waals surface area contributed by atoms with Gasteiger partial charge in [0, 0.05) is 11.1 Å². The van der Waals surface area contributed by atoms with Gasteiger partial charge in [0.2, 0.25) is 0 Å². The number of hydrogen-bond donors (Lipinski definition) is 2. The first-order chi connectivity index (χ1) is 8.42. The highest BCUT2D eigenvalue weighted by Crippen LogP contribution is 2.32. The first-order valence-electron chi connectivity index (χ1n) is 6.72.